The molecule has 0 aliphatic rings. The van der Waals surface area contributed by atoms with Gasteiger partial charge in [-0.3, -0.25) is 4.99 Å². The van der Waals surface area contributed by atoms with Gasteiger partial charge in [-0.2, -0.15) is 0 Å². The number of aliphatic imine (C=N–C) groups is 1. The van der Waals surface area contributed by atoms with Gasteiger partial charge in [-0.15, -0.1) is 35.3 Å². The average Bonchev–Trinajstić information content (AvgIpc) is 2.94. The number of ether oxygens (including phenoxy) is 1. The molecule has 150 valence electrons. The third kappa shape index (κ3) is 8.47. The Morgan fingerprint density at radius 3 is 2.44 bits per heavy atom. The number of nitrogens with one attached hydrogen (secondary N) is 2. The molecule has 0 fully saturated rings. The number of thiazole rings is 1. The van der Waals surface area contributed by atoms with Crippen molar-refractivity contribution in [3.05, 3.63) is 45.4 Å². The summed E-state index contributed by atoms with van der Waals surface area (Å²) in [5.74, 6) is 2.28. The lowest BCUT2D eigenvalue weighted by atomic mass is 10.1. The fourth-order valence-corrected chi connectivity index (χ4v) is 3.34. The number of hydrogen-bond acceptors (Lipinski definition) is 4. The molecule has 0 saturated carbocycles. The molecule has 0 spiro atoms. The highest BCUT2D eigenvalue weighted by Crippen LogP contribution is 2.16. The summed E-state index contributed by atoms with van der Waals surface area (Å²) in [5, 5.41) is 7.81. The molecule has 1 heterocycles. The first-order valence-corrected chi connectivity index (χ1v) is 9.88. The summed E-state index contributed by atoms with van der Waals surface area (Å²) in [4.78, 5) is 9.99. The summed E-state index contributed by atoms with van der Waals surface area (Å²) >= 11 is 1.73. The highest BCUT2D eigenvalue weighted by Gasteiger charge is 2.06. The van der Waals surface area contributed by atoms with Crippen LogP contribution in [0.2, 0.25) is 0 Å². The molecule has 1 aromatic carbocycles. The zero-order valence-electron chi connectivity index (χ0n) is 16.8. The number of aryl methyl sites for hydroxylation is 2. The van der Waals surface area contributed by atoms with Gasteiger partial charge < -0.3 is 15.4 Å². The SMILES string of the molecule is CN=C(NCCc1ccc(OCC(C)C)cc1)NCc1sc(C)nc1C.I. The molecule has 2 rings (SSSR count). The Hall–Kier alpha value is -1.35. The van der Waals surface area contributed by atoms with Crippen LogP contribution in [0.5, 0.6) is 5.75 Å². The van der Waals surface area contributed by atoms with Crippen LogP contribution in [0.4, 0.5) is 0 Å². The van der Waals surface area contributed by atoms with Crippen LogP contribution in [0.3, 0.4) is 0 Å². The Morgan fingerprint density at radius 1 is 1.19 bits per heavy atom. The summed E-state index contributed by atoms with van der Waals surface area (Å²) in [7, 11) is 1.79. The van der Waals surface area contributed by atoms with Gasteiger partial charge in [0, 0.05) is 18.5 Å². The van der Waals surface area contributed by atoms with Crippen molar-refractivity contribution in [3.8, 4) is 5.75 Å². The zero-order chi connectivity index (χ0) is 18.9. The summed E-state index contributed by atoms with van der Waals surface area (Å²) in [6.07, 6.45) is 0.934. The van der Waals surface area contributed by atoms with Gasteiger partial charge in [0.25, 0.3) is 0 Å². The van der Waals surface area contributed by atoms with Crippen LogP contribution in [0.25, 0.3) is 0 Å². The van der Waals surface area contributed by atoms with Crippen molar-refractivity contribution in [3.63, 3.8) is 0 Å². The molecular formula is C20H31IN4OS. The maximum absolute atomic E-state index is 5.72. The molecule has 0 atom stereocenters. The molecule has 0 aliphatic heterocycles. The van der Waals surface area contributed by atoms with Gasteiger partial charge in [-0.1, -0.05) is 26.0 Å². The summed E-state index contributed by atoms with van der Waals surface area (Å²) < 4.78 is 5.72. The van der Waals surface area contributed by atoms with Crippen LogP contribution in [0, 0.1) is 19.8 Å². The first kappa shape index (κ1) is 23.7. The molecule has 0 aliphatic carbocycles. The van der Waals surface area contributed by atoms with E-state index in [4.69, 9.17) is 4.74 Å². The number of hydrogen-bond donors (Lipinski definition) is 2. The second kappa shape index (κ2) is 12.2. The lowest BCUT2D eigenvalue weighted by molar-refractivity contribution is 0.271. The Kier molecular flexibility index (Phi) is 10.7. The minimum Gasteiger partial charge on any atom is -0.493 e. The van der Waals surface area contributed by atoms with E-state index in [9.17, 15) is 0 Å². The molecule has 2 N–H and O–H groups in total. The number of benzene rings is 1. The summed E-state index contributed by atoms with van der Waals surface area (Å²) in [6.45, 7) is 10.7. The predicted octanol–water partition coefficient (Wildman–Crippen LogP) is 4.32. The van der Waals surface area contributed by atoms with Crippen LogP contribution >= 0.6 is 35.3 Å². The largest absolute Gasteiger partial charge is 0.493 e. The normalized spacial score (nSPS) is 11.3. The van der Waals surface area contributed by atoms with Gasteiger partial charge in [-0.25, -0.2) is 4.98 Å². The summed E-state index contributed by atoms with van der Waals surface area (Å²) in [6, 6.07) is 8.33. The predicted molar refractivity (Wildman–Crippen MR) is 126 cm³/mol. The van der Waals surface area contributed by atoms with E-state index in [0.717, 1.165) is 48.5 Å². The molecule has 27 heavy (non-hydrogen) atoms. The van der Waals surface area contributed by atoms with E-state index in [2.05, 4.69) is 46.6 Å². The third-order valence-corrected chi connectivity index (χ3v) is 4.93. The fraction of sp³-hybridized carbons (Fsp3) is 0.500. The van der Waals surface area contributed by atoms with Crippen LogP contribution in [0.15, 0.2) is 29.3 Å². The van der Waals surface area contributed by atoms with Gasteiger partial charge >= 0.3 is 0 Å². The average molecular weight is 502 g/mol. The van der Waals surface area contributed by atoms with Crippen LogP contribution in [-0.4, -0.2) is 31.1 Å². The Bertz CT molecular complexity index is 713. The minimum atomic E-state index is 0. The Labute approximate surface area is 184 Å². The number of guanidine groups is 1. The number of nitrogens with zero attached hydrogens (tertiary/aromatic N) is 2. The molecule has 7 heteroatoms. The fourth-order valence-electron chi connectivity index (χ4n) is 2.46. The van der Waals surface area contributed by atoms with Crippen molar-refractivity contribution >= 4 is 41.3 Å². The molecule has 0 saturated heterocycles. The highest BCUT2D eigenvalue weighted by atomic mass is 127. The van der Waals surface area contributed by atoms with Crippen molar-refractivity contribution in [1.82, 2.24) is 15.6 Å². The quantitative estimate of drug-likeness (QED) is 0.321. The number of rotatable bonds is 8. The second-order valence-corrected chi connectivity index (χ2v) is 7.98. The van der Waals surface area contributed by atoms with E-state index in [1.807, 2.05) is 26.0 Å². The highest BCUT2D eigenvalue weighted by molar-refractivity contribution is 14.0. The van der Waals surface area contributed by atoms with E-state index in [-0.39, 0.29) is 24.0 Å². The standard InChI is InChI=1S/C20H30N4OS.HI/c1-14(2)13-25-18-8-6-17(7-9-18)10-11-22-20(21-5)23-12-19-15(3)24-16(4)26-19;/h6-9,14H,10-13H2,1-5H3,(H2,21,22,23);1H. The van der Waals surface area contributed by atoms with E-state index >= 15 is 0 Å². The molecule has 2 aromatic rings. The van der Waals surface area contributed by atoms with E-state index in [1.165, 1.54) is 10.4 Å². The van der Waals surface area contributed by atoms with Gasteiger partial charge in [0.2, 0.25) is 0 Å². The Morgan fingerprint density at radius 2 is 1.89 bits per heavy atom. The first-order chi connectivity index (χ1) is 12.5. The number of aromatic nitrogens is 1. The maximum atomic E-state index is 5.72. The third-order valence-electron chi connectivity index (χ3n) is 3.85. The lowest BCUT2D eigenvalue weighted by Gasteiger charge is -2.12. The molecule has 0 radical (unpaired) electrons. The van der Waals surface area contributed by atoms with Gasteiger partial charge in [0.1, 0.15) is 5.75 Å². The lowest BCUT2D eigenvalue weighted by Crippen LogP contribution is -2.37. The van der Waals surface area contributed by atoms with Crippen molar-refractivity contribution in [2.24, 2.45) is 10.9 Å². The topological polar surface area (TPSA) is 58.5 Å². The minimum absolute atomic E-state index is 0. The van der Waals surface area contributed by atoms with Crippen molar-refractivity contribution < 1.29 is 4.74 Å². The van der Waals surface area contributed by atoms with Crippen molar-refractivity contribution in [2.75, 3.05) is 20.2 Å². The molecule has 0 unspecified atom stereocenters. The zero-order valence-corrected chi connectivity index (χ0v) is 20.0. The van der Waals surface area contributed by atoms with Gasteiger partial charge in [0.15, 0.2) is 5.96 Å². The van der Waals surface area contributed by atoms with E-state index < -0.39 is 0 Å². The van der Waals surface area contributed by atoms with Crippen LogP contribution in [-0.2, 0) is 13.0 Å². The molecule has 5 nitrogen and oxygen atoms in total. The first-order valence-electron chi connectivity index (χ1n) is 9.07. The van der Waals surface area contributed by atoms with Crippen LogP contribution in [0.1, 0.15) is 35.0 Å². The molecule has 1 aromatic heterocycles. The van der Waals surface area contributed by atoms with Crippen LogP contribution < -0.4 is 15.4 Å². The molecule has 0 amide bonds. The molecular weight excluding hydrogens is 471 g/mol. The monoisotopic (exact) mass is 502 g/mol. The van der Waals surface area contributed by atoms with Gasteiger partial charge in [-0.05, 0) is 43.9 Å². The van der Waals surface area contributed by atoms with Crippen molar-refractivity contribution in [1.29, 1.82) is 0 Å². The van der Waals surface area contributed by atoms with E-state index in [0.29, 0.717) is 5.92 Å². The second-order valence-electron chi connectivity index (χ2n) is 6.69. The van der Waals surface area contributed by atoms with Crippen molar-refractivity contribution in [2.45, 2.75) is 40.7 Å². The maximum Gasteiger partial charge on any atom is 0.191 e. The molecule has 0 bridgehead atoms. The van der Waals surface area contributed by atoms with E-state index in [1.54, 1.807) is 18.4 Å². The smallest absolute Gasteiger partial charge is 0.191 e. The van der Waals surface area contributed by atoms with Gasteiger partial charge in [0.05, 0.1) is 23.9 Å². The Balaban J connectivity index is 0.00000364. The summed E-state index contributed by atoms with van der Waals surface area (Å²) in [5.41, 5.74) is 2.37. The number of halogens is 1.